The van der Waals surface area contributed by atoms with E-state index in [0.29, 0.717) is 45.5 Å². The lowest BCUT2D eigenvalue weighted by atomic mass is 10.0. The van der Waals surface area contributed by atoms with E-state index in [0.717, 1.165) is 49.7 Å². The van der Waals surface area contributed by atoms with Crippen molar-refractivity contribution in [2.45, 2.75) is 38.4 Å². The number of nitrogens with one attached hydrogen (secondary N) is 1. The summed E-state index contributed by atoms with van der Waals surface area (Å²) in [5, 5.41) is 14.0. The first kappa shape index (κ1) is 28.5. The lowest BCUT2D eigenvalue weighted by Crippen LogP contribution is -2.48. The molecule has 212 valence electrons. The number of halogens is 3. The molecule has 2 aliphatic rings. The molecule has 0 unspecified atom stereocenters. The first-order valence-corrected chi connectivity index (χ1v) is 13.2. The second-order valence-electron chi connectivity index (χ2n) is 9.79. The van der Waals surface area contributed by atoms with Crippen molar-refractivity contribution in [3.63, 3.8) is 0 Å². The average molecular weight is 550 g/mol. The molecule has 4 rings (SSSR count). The first-order chi connectivity index (χ1) is 18.6. The number of carbonyl (C=O) groups excluding carboxylic acids is 1. The fourth-order valence-corrected chi connectivity index (χ4v) is 5.08. The van der Waals surface area contributed by atoms with E-state index < -0.39 is 22.4 Å². The zero-order valence-corrected chi connectivity index (χ0v) is 22.0. The molecule has 2 fully saturated rings. The predicted octanol–water partition coefficient (Wildman–Crippen LogP) is 4.63. The minimum Gasteiger partial charge on any atom is -0.494 e. The van der Waals surface area contributed by atoms with Gasteiger partial charge in [0.15, 0.2) is 0 Å². The van der Waals surface area contributed by atoms with Gasteiger partial charge in [-0.1, -0.05) is 0 Å². The summed E-state index contributed by atoms with van der Waals surface area (Å²) in [6, 6.07) is 10.9. The molecular formula is C27H34F3N5O4. The quantitative estimate of drug-likeness (QED) is 0.360. The molecule has 9 nitrogen and oxygen atoms in total. The average Bonchev–Trinajstić information content (AvgIpc) is 2.92. The summed E-state index contributed by atoms with van der Waals surface area (Å²) in [5.41, 5.74) is -0.896. The summed E-state index contributed by atoms with van der Waals surface area (Å²) < 4.78 is 45.3. The number of likely N-dealkylation sites (tertiary alicyclic amines) is 1. The number of carbonyl (C=O) groups is 1. The predicted molar refractivity (Wildman–Crippen MR) is 142 cm³/mol. The van der Waals surface area contributed by atoms with E-state index in [2.05, 4.69) is 27.2 Å². The summed E-state index contributed by atoms with van der Waals surface area (Å²) in [6.45, 7) is 7.85. The molecule has 1 amide bonds. The van der Waals surface area contributed by atoms with Gasteiger partial charge in [-0.15, -0.1) is 0 Å². The van der Waals surface area contributed by atoms with E-state index in [1.54, 1.807) is 0 Å². The Balaban J connectivity index is 1.19. The number of anilines is 2. The standard InChI is InChI=1S/C27H34F3N5O4/c1-2-39-23-6-4-22(5-7-23)33-17-15-32(16-18-33)12-11-26(36)34-13-9-20(10-14-34)31-21-3-8-25(35(37)38)24(19-21)27(28,29)30/h3-8,19-20,31H,2,9-18H2,1H3. The minimum atomic E-state index is -4.82. The Morgan fingerprint density at radius 1 is 1.05 bits per heavy atom. The molecule has 0 aromatic heterocycles. The number of ether oxygens (including phenoxy) is 1. The molecule has 0 bridgehead atoms. The number of rotatable bonds is 9. The van der Waals surface area contributed by atoms with Crippen molar-refractivity contribution >= 4 is 23.0 Å². The van der Waals surface area contributed by atoms with Crippen molar-refractivity contribution in [1.29, 1.82) is 0 Å². The molecule has 1 N–H and O–H groups in total. The Bertz CT molecular complexity index is 1130. The molecule has 2 aliphatic heterocycles. The molecule has 2 aromatic rings. The van der Waals surface area contributed by atoms with Crippen LogP contribution in [0, 0.1) is 10.1 Å². The molecule has 0 spiro atoms. The number of nitrogens with zero attached hydrogens (tertiary/aromatic N) is 4. The normalized spacial score (nSPS) is 17.2. The third-order valence-electron chi connectivity index (χ3n) is 7.24. The maximum absolute atomic E-state index is 13.3. The van der Waals surface area contributed by atoms with Crippen molar-refractivity contribution < 1.29 is 27.6 Å². The highest BCUT2D eigenvalue weighted by molar-refractivity contribution is 5.76. The summed E-state index contributed by atoms with van der Waals surface area (Å²) in [5.74, 6) is 0.942. The SMILES string of the molecule is CCOc1ccc(N2CCN(CCC(=O)N3CCC(Nc4ccc([N+](=O)[O-])c(C(F)(F)F)c4)CC3)CC2)cc1. The summed E-state index contributed by atoms with van der Waals surface area (Å²) in [4.78, 5) is 29.2. The number of benzene rings is 2. The minimum absolute atomic E-state index is 0.0806. The van der Waals surface area contributed by atoms with Crippen molar-refractivity contribution in [2.24, 2.45) is 0 Å². The van der Waals surface area contributed by atoms with E-state index in [9.17, 15) is 28.1 Å². The van der Waals surface area contributed by atoms with Gasteiger partial charge in [-0.05, 0) is 56.2 Å². The highest BCUT2D eigenvalue weighted by Gasteiger charge is 2.38. The van der Waals surface area contributed by atoms with Gasteiger partial charge in [-0.25, -0.2) is 0 Å². The molecule has 2 heterocycles. The summed E-state index contributed by atoms with van der Waals surface area (Å²) >= 11 is 0. The van der Waals surface area contributed by atoms with Crippen LogP contribution < -0.4 is 15.0 Å². The zero-order chi connectivity index (χ0) is 28.0. The highest BCUT2D eigenvalue weighted by atomic mass is 19.4. The lowest BCUT2D eigenvalue weighted by molar-refractivity contribution is -0.388. The van der Waals surface area contributed by atoms with Crippen molar-refractivity contribution in [1.82, 2.24) is 9.80 Å². The Morgan fingerprint density at radius 3 is 2.31 bits per heavy atom. The third kappa shape index (κ3) is 7.53. The second-order valence-corrected chi connectivity index (χ2v) is 9.79. The maximum atomic E-state index is 13.3. The molecule has 0 saturated carbocycles. The van der Waals surface area contributed by atoms with Crippen LogP contribution in [0.15, 0.2) is 42.5 Å². The van der Waals surface area contributed by atoms with Gasteiger partial charge in [0.1, 0.15) is 11.3 Å². The lowest BCUT2D eigenvalue weighted by Gasteiger charge is -2.37. The van der Waals surface area contributed by atoms with Crippen LogP contribution in [0.5, 0.6) is 5.75 Å². The highest BCUT2D eigenvalue weighted by Crippen LogP contribution is 2.38. The van der Waals surface area contributed by atoms with Gasteiger partial charge in [-0.3, -0.25) is 19.8 Å². The Morgan fingerprint density at radius 2 is 1.72 bits per heavy atom. The Kier molecular flexibility index (Phi) is 9.16. The van der Waals surface area contributed by atoms with Crippen LogP contribution in [0.4, 0.5) is 30.2 Å². The fraction of sp³-hybridized carbons (Fsp3) is 0.519. The van der Waals surface area contributed by atoms with Crippen LogP contribution in [-0.4, -0.2) is 79.1 Å². The van der Waals surface area contributed by atoms with Gasteiger partial charge in [-0.2, -0.15) is 13.2 Å². The molecule has 2 saturated heterocycles. The monoisotopic (exact) mass is 549 g/mol. The number of nitro groups is 1. The number of hydrogen-bond donors (Lipinski definition) is 1. The van der Waals surface area contributed by atoms with Crippen LogP contribution in [-0.2, 0) is 11.0 Å². The number of alkyl halides is 3. The largest absolute Gasteiger partial charge is 0.494 e. The van der Waals surface area contributed by atoms with Crippen LogP contribution >= 0.6 is 0 Å². The number of amides is 1. The van der Waals surface area contributed by atoms with Crippen LogP contribution in [0.1, 0.15) is 31.7 Å². The molecule has 39 heavy (non-hydrogen) atoms. The number of nitro benzene ring substituents is 1. The van der Waals surface area contributed by atoms with Crippen molar-refractivity contribution in [2.75, 3.05) is 62.6 Å². The first-order valence-electron chi connectivity index (χ1n) is 13.2. The van der Waals surface area contributed by atoms with Crippen molar-refractivity contribution in [3.8, 4) is 5.75 Å². The van der Waals surface area contributed by atoms with Crippen LogP contribution in [0.25, 0.3) is 0 Å². The van der Waals surface area contributed by atoms with Gasteiger partial charge in [0.25, 0.3) is 5.69 Å². The Labute approximate surface area is 225 Å². The molecular weight excluding hydrogens is 515 g/mol. The summed E-state index contributed by atoms with van der Waals surface area (Å²) in [7, 11) is 0. The fourth-order valence-electron chi connectivity index (χ4n) is 5.08. The number of piperidine rings is 1. The second kappa shape index (κ2) is 12.5. The van der Waals surface area contributed by atoms with Gasteiger partial charge in [0, 0.05) is 75.7 Å². The van der Waals surface area contributed by atoms with E-state index in [1.165, 1.54) is 6.07 Å². The topological polar surface area (TPSA) is 91.2 Å². The van der Waals surface area contributed by atoms with Gasteiger partial charge >= 0.3 is 6.18 Å². The smallest absolute Gasteiger partial charge is 0.423 e. The number of hydrogen-bond acceptors (Lipinski definition) is 7. The van der Waals surface area contributed by atoms with E-state index >= 15 is 0 Å². The molecule has 12 heteroatoms. The van der Waals surface area contributed by atoms with Gasteiger partial charge < -0.3 is 19.9 Å². The van der Waals surface area contributed by atoms with Crippen LogP contribution in [0.3, 0.4) is 0 Å². The molecule has 0 atom stereocenters. The molecule has 2 aromatic carbocycles. The van der Waals surface area contributed by atoms with Crippen LogP contribution in [0.2, 0.25) is 0 Å². The maximum Gasteiger partial charge on any atom is 0.423 e. The molecule has 0 radical (unpaired) electrons. The summed E-state index contributed by atoms with van der Waals surface area (Å²) in [6.07, 6.45) is -3.22. The third-order valence-corrected chi connectivity index (χ3v) is 7.24. The Hall–Kier alpha value is -3.54. The number of piperazine rings is 1. The van der Waals surface area contributed by atoms with E-state index in [4.69, 9.17) is 4.74 Å². The van der Waals surface area contributed by atoms with Gasteiger partial charge in [0.2, 0.25) is 5.91 Å². The zero-order valence-electron chi connectivity index (χ0n) is 22.0. The van der Waals surface area contributed by atoms with E-state index in [-0.39, 0.29) is 17.6 Å². The van der Waals surface area contributed by atoms with Crippen molar-refractivity contribution in [3.05, 3.63) is 58.1 Å². The molecule has 0 aliphatic carbocycles. The van der Waals surface area contributed by atoms with Gasteiger partial charge in [0.05, 0.1) is 11.5 Å². The van der Waals surface area contributed by atoms with E-state index in [1.807, 2.05) is 24.0 Å².